The van der Waals surface area contributed by atoms with Crippen LogP contribution in [0.15, 0.2) is 53.6 Å². The van der Waals surface area contributed by atoms with Gasteiger partial charge in [0.2, 0.25) is 0 Å². The van der Waals surface area contributed by atoms with E-state index < -0.39 is 11.6 Å². The Balaban J connectivity index is 1.41. The summed E-state index contributed by atoms with van der Waals surface area (Å²) in [4.78, 5) is 12.9. The number of hydrogen-bond acceptors (Lipinski definition) is 5. The van der Waals surface area contributed by atoms with Crippen molar-refractivity contribution in [2.75, 3.05) is 13.7 Å². The highest BCUT2D eigenvalue weighted by Crippen LogP contribution is 2.36. The maximum Gasteiger partial charge on any atom is 0.283 e. The lowest BCUT2D eigenvalue weighted by molar-refractivity contribution is -0.159. The van der Waals surface area contributed by atoms with Gasteiger partial charge in [-0.25, -0.2) is 0 Å². The van der Waals surface area contributed by atoms with Crippen LogP contribution in [0, 0.1) is 0 Å². The molecule has 0 bridgehead atoms. The molecule has 6 nitrogen and oxygen atoms in total. The summed E-state index contributed by atoms with van der Waals surface area (Å²) >= 11 is 0. The third kappa shape index (κ3) is 4.59. The fourth-order valence-corrected chi connectivity index (χ4v) is 4.54. The van der Waals surface area contributed by atoms with Crippen LogP contribution in [-0.4, -0.2) is 35.5 Å². The van der Waals surface area contributed by atoms with Crippen molar-refractivity contribution in [3.8, 4) is 11.5 Å². The van der Waals surface area contributed by atoms with E-state index in [4.69, 9.17) is 9.47 Å². The number of carbonyl (C=O) groups is 1. The molecule has 31 heavy (non-hydrogen) atoms. The molecular weight excluding hydrogens is 392 g/mol. The van der Waals surface area contributed by atoms with Crippen LogP contribution in [-0.2, 0) is 10.5 Å². The molecule has 164 valence electrons. The van der Waals surface area contributed by atoms with Crippen LogP contribution < -0.4 is 9.47 Å². The minimum absolute atomic E-state index is 0.196. The normalized spacial score (nSPS) is 21.6. The molecule has 2 aromatic rings. The zero-order chi connectivity index (χ0) is 21.8. The minimum Gasteiger partial charge on any atom is -0.497 e. The van der Waals surface area contributed by atoms with E-state index in [-0.39, 0.29) is 13.0 Å². The molecule has 1 atom stereocenters. The lowest BCUT2D eigenvalue weighted by Crippen LogP contribution is -2.45. The Labute approximate surface area is 183 Å². The molecule has 0 radical (unpaired) electrons. The first-order chi connectivity index (χ1) is 15.0. The fraction of sp³-hybridized carbons (Fsp3) is 0.440. The van der Waals surface area contributed by atoms with Gasteiger partial charge in [-0.3, -0.25) is 4.79 Å². The summed E-state index contributed by atoms with van der Waals surface area (Å²) in [6.45, 7) is 1.60. The van der Waals surface area contributed by atoms with E-state index >= 15 is 0 Å². The first-order valence-corrected chi connectivity index (χ1v) is 11.0. The van der Waals surface area contributed by atoms with Crippen molar-refractivity contribution < 1.29 is 19.4 Å². The fourth-order valence-electron chi connectivity index (χ4n) is 4.54. The Morgan fingerprint density at radius 2 is 1.71 bits per heavy atom. The van der Waals surface area contributed by atoms with Gasteiger partial charge >= 0.3 is 0 Å². The highest BCUT2D eigenvalue weighted by molar-refractivity contribution is 5.89. The summed E-state index contributed by atoms with van der Waals surface area (Å²) in [7, 11) is 1.58. The van der Waals surface area contributed by atoms with Gasteiger partial charge in [0.1, 0.15) is 11.5 Å². The zero-order valence-electron chi connectivity index (χ0n) is 18.2. The lowest BCUT2D eigenvalue weighted by atomic mass is 9.84. The molecule has 1 fully saturated rings. The van der Waals surface area contributed by atoms with Gasteiger partial charge < -0.3 is 14.6 Å². The first kappa shape index (κ1) is 21.4. The average Bonchev–Trinajstić information content (AvgIpc) is 3.13. The number of carbonyl (C=O) groups excluding carboxylic acids is 1. The number of aliphatic hydroxyl groups is 1. The Morgan fingerprint density at radius 1 is 1.06 bits per heavy atom. The maximum atomic E-state index is 12.9. The van der Waals surface area contributed by atoms with Crippen molar-refractivity contribution in [1.29, 1.82) is 0 Å². The Morgan fingerprint density at radius 3 is 2.35 bits per heavy atom. The third-order valence-corrected chi connectivity index (χ3v) is 6.23. The summed E-state index contributed by atoms with van der Waals surface area (Å²) in [6.07, 6.45) is 6.67. The maximum absolute atomic E-state index is 12.9. The van der Waals surface area contributed by atoms with Crippen LogP contribution in [0.3, 0.4) is 0 Å². The molecule has 0 spiro atoms. The van der Waals surface area contributed by atoms with E-state index in [9.17, 15) is 9.90 Å². The molecule has 0 unspecified atom stereocenters. The number of hydrogen-bond donors (Lipinski definition) is 1. The molecule has 1 amide bonds. The van der Waals surface area contributed by atoms with Crippen molar-refractivity contribution in [3.63, 3.8) is 0 Å². The van der Waals surface area contributed by atoms with Gasteiger partial charge in [0.05, 0.1) is 7.11 Å². The van der Waals surface area contributed by atoms with E-state index in [0.29, 0.717) is 28.7 Å². The molecule has 1 saturated carbocycles. The van der Waals surface area contributed by atoms with Crippen LogP contribution >= 0.6 is 0 Å². The molecule has 1 N–H and O–H groups in total. The van der Waals surface area contributed by atoms with Crippen LogP contribution in [0.1, 0.15) is 62.5 Å². The average molecular weight is 423 g/mol. The summed E-state index contributed by atoms with van der Waals surface area (Å²) < 4.78 is 10.9. The molecule has 1 aliphatic carbocycles. The largest absolute Gasteiger partial charge is 0.497 e. The van der Waals surface area contributed by atoms with Crippen molar-refractivity contribution in [1.82, 2.24) is 5.01 Å². The number of ether oxygens (including phenoxy) is 2. The summed E-state index contributed by atoms with van der Waals surface area (Å²) in [5.41, 5.74) is 1.08. The van der Waals surface area contributed by atoms with Gasteiger partial charge in [0.25, 0.3) is 5.91 Å². The molecular formula is C25H30N2O4. The predicted octanol–water partition coefficient (Wildman–Crippen LogP) is 4.58. The van der Waals surface area contributed by atoms with Crippen LogP contribution in [0.4, 0.5) is 0 Å². The molecule has 4 rings (SSSR count). The standard InChI is InChI=1S/C25H30N2O4/c1-18-16-25(29,21-10-14-22(30-2)15-11-21)27(26-18)24(28)17-31-23-12-8-20(9-13-23)19-6-4-3-5-7-19/h8-15,19,29H,3-7,16-17H2,1-2H3/t25-/m1/s1. The van der Waals surface area contributed by atoms with E-state index in [0.717, 1.165) is 5.01 Å². The van der Waals surface area contributed by atoms with E-state index in [1.807, 2.05) is 12.1 Å². The number of amides is 1. The second kappa shape index (κ2) is 9.10. The summed E-state index contributed by atoms with van der Waals surface area (Å²) in [5, 5.41) is 16.7. The minimum atomic E-state index is -1.53. The number of nitrogens with zero attached hydrogens (tertiary/aromatic N) is 2. The first-order valence-electron chi connectivity index (χ1n) is 11.0. The highest BCUT2D eigenvalue weighted by Gasteiger charge is 2.44. The molecule has 2 aromatic carbocycles. The van der Waals surface area contributed by atoms with Crippen LogP contribution in [0.5, 0.6) is 11.5 Å². The van der Waals surface area contributed by atoms with Crippen molar-refractivity contribution >= 4 is 11.6 Å². The summed E-state index contributed by atoms with van der Waals surface area (Å²) in [5.74, 6) is 1.55. The molecule has 1 aliphatic heterocycles. The Bertz CT molecular complexity index is 933. The number of benzene rings is 2. The zero-order valence-corrected chi connectivity index (χ0v) is 18.2. The van der Waals surface area contributed by atoms with E-state index in [1.165, 1.54) is 37.7 Å². The molecule has 1 heterocycles. The quantitative estimate of drug-likeness (QED) is 0.740. The Kier molecular flexibility index (Phi) is 6.28. The van der Waals surface area contributed by atoms with Crippen molar-refractivity contribution in [2.45, 2.75) is 57.1 Å². The highest BCUT2D eigenvalue weighted by atomic mass is 16.5. The molecule has 0 aromatic heterocycles. The molecule has 2 aliphatic rings. The van der Waals surface area contributed by atoms with E-state index in [2.05, 4.69) is 17.2 Å². The van der Waals surface area contributed by atoms with Crippen LogP contribution in [0.2, 0.25) is 0 Å². The van der Waals surface area contributed by atoms with Gasteiger partial charge in [-0.1, -0.05) is 43.5 Å². The second-order valence-corrected chi connectivity index (χ2v) is 8.46. The predicted molar refractivity (Wildman–Crippen MR) is 119 cm³/mol. The molecule has 0 saturated heterocycles. The summed E-state index contributed by atoms with van der Waals surface area (Å²) in [6, 6.07) is 15.1. The van der Waals surface area contributed by atoms with Crippen LogP contribution in [0.25, 0.3) is 0 Å². The van der Waals surface area contributed by atoms with E-state index in [1.54, 1.807) is 38.3 Å². The smallest absolute Gasteiger partial charge is 0.283 e. The number of rotatable bonds is 6. The number of hydrazone groups is 1. The van der Waals surface area contributed by atoms with Crippen molar-refractivity contribution in [3.05, 3.63) is 59.7 Å². The SMILES string of the molecule is COc1ccc([C@]2(O)CC(C)=NN2C(=O)COc2ccc(C3CCCCC3)cc2)cc1. The topological polar surface area (TPSA) is 71.4 Å². The van der Waals surface area contributed by atoms with Gasteiger partial charge in [-0.2, -0.15) is 10.1 Å². The third-order valence-electron chi connectivity index (χ3n) is 6.23. The lowest BCUT2D eigenvalue weighted by Gasteiger charge is -2.31. The van der Waals surface area contributed by atoms with Gasteiger partial charge in [-0.15, -0.1) is 0 Å². The van der Waals surface area contributed by atoms with Gasteiger partial charge in [-0.05, 0) is 55.5 Å². The Hall–Kier alpha value is -2.86. The second-order valence-electron chi connectivity index (χ2n) is 8.46. The monoisotopic (exact) mass is 422 g/mol. The van der Waals surface area contributed by atoms with Crippen molar-refractivity contribution in [2.24, 2.45) is 5.10 Å². The number of methoxy groups -OCH3 is 1. The van der Waals surface area contributed by atoms with Gasteiger partial charge in [0, 0.05) is 17.7 Å². The van der Waals surface area contributed by atoms with Gasteiger partial charge in [0.15, 0.2) is 12.3 Å². The molecule has 6 heteroatoms.